The summed E-state index contributed by atoms with van der Waals surface area (Å²) in [6.45, 7) is 16.0. The van der Waals surface area contributed by atoms with Gasteiger partial charge in [-0.25, -0.2) is 4.39 Å². The van der Waals surface area contributed by atoms with Crippen LogP contribution in [0.2, 0.25) is 0 Å². The van der Waals surface area contributed by atoms with Gasteiger partial charge in [-0.2, -0.15) is 0 Å². The number of nitrogens with two attached hydrogens (primary N) is 1. The van der Waals surface area contributed by atoms with E-state index in [2.05, 4.69) is 6.58 Å². The number of ether oxygens (including phenoxy) is 1. The van der Waals surface area contributed by atoms with Crippen molar-refractivity contribution in [1.82, 2.24) is 0 Å². The first-order valence-electron chi connectivity index (χ1n) is 8.65. The van der Waals surface area contributed by atoms with E-state index >= 15 is 0 Å². The van der Waals surface area contributed by atoms with E-state index in [0.717, 1.165) is 16.9 Å². The van der Waals surface area contributed by atoms with Gasteiger partial charge in [-0.05, 0) is 55.7 Å². The molecule has 2 nitrogen and oxygen atoms in total. The summed E-state index contributed by atoms with van der Waals surface area (Å²) in [5.41, 5.74) is 8.06. The minimum absolute atomic E-state index is 0.132. The Morgan fingerprint density at radius 3 is 2.21 bits per heavy atom. The Bertz CT molecular complexity index is 489. The lowest BCUT2D eigenvalue weighted by atomic mass is 10.1. The van der Waals surface area contributed by atoms with Crippen LogP contribution in [0.25, 0.3) is 0 Å². The molecule has 0 saturated carbocycles. The lowest BCUT2D eigenvalue weighted by Crippen LogP contribution is -2.28. The second-order valence-electron chi connectivity index (χ2n) is 4.69. The van der Waals surface area contributed by atoms with Gasteiger partial charge in [-0.3, -0.25) is 0 Å². The molecule has 1 aromatic rings. The molecule has 0 saturated heterocycles. The first-order valence-corrected chi connectivity index (χ1v) is 8.65. The van der Waals surface area contributed by atoms with Crippen molar-refractivity contribution in [3.63, 3.8) is 0 Å². The second-order valence-corrected chi connectivity index (χ2v) is 4.69. The van der Waals surface area contributed by atoms with Gasteiger partial charge in [0.05, 0.1) is 0 Å². The summed E-state index contributed by atoms with van der Waals surface area (Å²) in [6.07, 6.45) is 6.22. The molecule has 0 heterocycles. The van der Waals surface area contributed by atoms with Crippen LogP contribution in [0, 0.1) is 5.82 Å². The molecule has 1 atom stereocenters. The van der Waals surface area contributed by atoms with E-state index in [9.17, 15) is 4.39 Å². The lowest BCUT2D eigenvalue weighted by Gasteiger charge is -2.14. The predicted octanol–water partition coefficient (Wildman–Crippen LogP) is 5.80. The highest BCUT2D eigenvalue weighted by Crippen LogP contribution is 2.08. The van der Waals surface area contributed by atoms with E-state index in [1.165, 1.54) is 12.1 Å². The molecule has 2 N–H and O–H groups in total. The molecule has 0 fully saturated rings. The molecule has 1 aromatic carbocycles. The van der Waals surface area contributed by atoms with Gasteiger partial charge in [0.1, 0.15) is 18.2 Å². The number of benzene rings is 1. The largest absolute Gasteiger partial charge is 0.492 e. The van der Waals surface area contributed by atoms with Crippen molar-refractivity contribution in [3.8, 4) is 0 Å². The molecule has 0 aliphatic heterocycles. The van der Waals surface area contributed by atoms with Crippen LogP contribution in [-0.2, 0) is 11.2 Å². The zero-order chi connectivity index (χ0) is 19.0. The molecular weight excluding hydrogens is 301 g/mol. The van der Waals surface area contributed by atoms with Crippen LogP contribution in [0.1, 0.15) is 47.1 Å². The highest BCUT2D eigenvalue weighted by Gasteiger charge is 2.06. The Kier molecular flexibility index (Phi) is 16.3. The minimum Gasteiger partial charge on any atom is -0.492 e. The Labute approximate surface area is 147 Å². The van der Waals surface area contributed by atoms with Crippen molar-refractivity contribution in [2.24, 2.45) is 5.73 Å². The third kappa shape index (κ3) is 11.7. The molecule has 0 spiro atoms. The summed E-state index contributed by atoms with van der Waals surface area (Å²) < 4.78 is 18.5. The summed E-state index contributed by atoms with van der Waals surface area (Å²) in [4.78, 5) is 0. The molecule has 1 unspecified atom stereocenters. The van der Waals surface area contributed by atoms with Crippen molar-refractivity contribution in [3.05, 3.63) is 71.8 Å². The van der Waals surface area contributed by atoms with Crippen molar-refractivity contribution < 1.29 is 9.13 Å². The van der Waals surface area contributed by atoms with E-state index in [4.69, 9.17) is 10.5 Å². The van der Waals surface area contributed by atoms with Crippen LogP contribution in [0.15, 0.2) is 60.4 Å². The summed E-state index contributed by atoms with van der Waals surface area (Å²) >= 11 is 0. The Morgan fingerprint density at radius 2 is 1.75 bits per heavy atom. The molecule has 0 aliphatic carbocycles. The highest BCUT2D eigenvalue weighted by atomic mass is 19.1. The molecule has 24 heavy (non-hydrogen) atoms. The van der Waals surface area contributed by atoms with E-state index < -0.39 is 0 Å². The quantitative estimate of drug-likeness (QED) is 0.505. The van der Waals surface area contributed by atoms with Crippen LogP contribution in [0.3, 0.4) is 0 Å². The molecule has 0 radical (unpaired) electrons. The van der Waals surface area contributed by atoms with E-state index in [1.807, 2.05) is 53.7 Å². The van der Waals surface area contributed by atoms with E-state index in [1.54, 1.807) is 18.2 Å². The SMILES string of the molecule is C=C/C(C)=C\C(=C/C)OCC(N)Cc1ccc(F)cc1.CC.CC. The maximum Gasteiger partial charge on any atom is 0.123 e. The van der Waals surface area contributed by atoms with E-state index in [-0.39, 0.29) is 11.9 Å². The van der Waals surface area contributed by atoms with Crippen LogP contribution in [0.4, 0.5) is 4.39 Å². The van der Waals surface area contributed by atoms with Crippen molar-refractivity contribution in [2.75, 3.05) is 6.61 Å². The van der Waals surface area contributed by atoms with Gasteiger partial charge in [-0.15, -0.1) is 0 Å². The molecule has 0 bridgehead atoms. The number of hydrogen-bond acceptors (Lipinski definition) is 2. The standard InChI is InChI=1S/C17H22FNO.2C2H6/c1-4-13(3)10-17(5-2)20-12-16(19)11-14-6-8-15(18)9-7-14;2*1-2/h4-10,16H,1,11-12,19H2,2-3H3;2*1-2H3/b13-10-,17-5+;;. The smallest absolute Gasteiger partial charge is 0.123 e. The molecule has 136 valence electrons. The van der Waals surface area contributed by atoms with Gasteiger partial charge in [0.2, 0.25) is 0 Å². The normalized spacial score (nSPS) is 12.2. The topological polar surface area (TPSA) is 35.2 Å². The van der Waals surface area contributed by atoms with Crippen molar-refractivity contribution in [1.29, 1.82) is 0 Å². The number of allylic oxidation sites excluding steroid dienone is 4. The Balaban J connectivity index is 0. The van der Waals surface area contributed by atoms with Crippen LogP contribution in [0.5, 0.6) is 0 Å². The van der Waals surface area contributed by atoms with Gasteiger partial charge in [0.25, 0.3) is 0 Å². The fourth-order valence-corrected chi connectivity index (χ4v) is 1.68. The van der Waals surface area contributed by atoms with Gasteiger partial charge in [0.15, 0.2) is 0 Å². The third-order valence-electron chi connectivity index (χ3n) is 2.85. The van der Waals surface area contributed by atoms with Gasteiger partial charge in [0, 0.05) is 6.04 Å². The predicted molar refractivity (Wildman–Crippen MR) is 104 cm³/mol. The number of hydrogen-bond donors (Lipinski definition) is 1. The molecule has 0 aliphatic rings. The summed E-state index contributed by atoms with van der Waals surface area (Å²) in [5, 5.41) is 0. The first-order chi connectivity index (χ1) is 11.5. The number of halogens is 1. The molecular formula is C21H34FNO. The monoisotopic (exact) mass is 335 g/mol. The minimum atomic E-state index is -0.236. The molecule has 0 aromatic heterocycles. The average Bonchev–Trinajstić information content (AvgIpc) is 2.63. The number of rotatable bonds is 7. The van der Waals surface area contributed by atoms with Gasteiger partial charge in [-0.1, -0.05) is 52.5 Å². The molecule has 0 amide bonds. The van der Waals surface area contributed by atoms with Gasteiger partial charge < -0.3 is 10.5 Å². The fraction of sp³-hybridized carbons (Fsp3) is 0.429. The molecule has 1 rings (SSSR count). The summed E-state index contributed by atoms with van der Waals surface area (Å²) in [7, 11) is 0. The van der Waals surface area contributed by atoms with Crippen LogP contribution >= 0.6 is 0 Å². The highest BCUT2D eigenvalue weighted by molar-refractivity contribution is 5.23. The lowest BCUT2D eigenvalue weighted by molar-refractivity contribution is 0.203. The Morgan fingerprint density at radius 1 is 1.21 bits per heavy atom. The molecule has 3 heteroatoms. The van der Waals surface area contributed by atoms with Crippen molar-refractivity contribution >= 4 is 0 Å². The fourth-order valence-electron chi connectivity index (χ4n) is 1.68. The summed E-state index contributed by atoms with van der Waals surface area (Å²) in [5.74, 6) is 0.539. The average molecular weight is 336 g/mol. The van der Waals surface area contributed by atoms with Gasteiger partial charge >= 0.3 is 0 Å². The third-order valence-corrected chi connectivity index (χ3v) is 2.85. The zero-order valence-corrected chi connectivity index (χ0v) is 16.1. The second kappa shape index (κ2) is 16.0. The zero-order valence-electron chi connectivity index (χ0n) is 16.1. The van der Waals surface area contributed by atoms with E-state index in [0.29, 0.717) is 13.0 Å². The van der Waals surface area contributed by atoms with Crippen LogP contribution in [-0.4, -0.2) is 12.6 Å². The van der Waals surface area contributed by atoms with Crippen LogP contribution < -0.4 is 5.73 Å². The van der Waals surface area contributed by atoms with Crippen molar-refractivity contribution in [2.45, 2.75) is 54.0 Å². The Hall–Kier alpha value is -1.87. The maximum absolute atomic E-state index is 12.8. The first kappa shape index (κ1) is 24.4. The summed E-state index contributed by atoms with van der Waals surface area (Å²) in [6, 6.07) is 6.24. The maximum atomic E-state index is 12.8.